The molecule has 1 amide bonds. The molecule has 0 radical (unpaired) electrons. The average Bonchev–Trinajstić information content (AvgIpc) is 3.19. The van der Waals surface area contributed by atoms with E-state index in [4.69, 9.17) is 9.47 Å². The molecule has 2 heterocycles. The van der Waals surface area contributed by atoms with Gasteiger partial charge in [0.25, 0.3) is 5.91 Å². The molecule has 0 N–H and O–H groups in total. The summed E-state index contributed by atoms with van der Waals surface area (Å²) in [6.45, 7) is 5.09. The number of carbonyl (C=O) groups excluding carboxylic acids is 1. The number of amides is 1. The van der Waals surface area contributed by atoms with Gasteiger partial charge in [-0.25, -0.2) is 0 Å². The highest BCUT2D eigenvalue weighted by Gasteiger charge is 2.38. The van der Waals surface area contributed by atoms with Gasteiger partial charge >= 0.3 is 0 Å². The van der Waals surface area contributed by atoms with Crippen LogP contribution in [0.25, 0.3) is 0 Å². The van der Waals surface area contributed by atoms with Gasteiger partial charge in [0, 0.05) is 30.6 Å². The molecular weight excluding hydrogens is 266 g/mol. The third-order valence-corrected chi connectivity index (χ3v) is 4.28. The summed E-state index contributed by atoms with van der Waals surface area (Å²) in [4.78, 5) is 14.5. The number of ether oxygens (including phenoxy) is 2. The van der Waals surface area contributed by atoms with Gasteiger partial charge in [-0.2, -0.15) is 0 Å². The number of hydrogen-bond acceptors (Lipinski definition) is 3. The van der Waals surface area contributed by atoms with Crippen molar-refractivity contribution in [3.8, 4) is 0 Å². The van der Waals surface area contributed by atoms with Crippen LogP contribution in [0.15, 0.2) is 24.3 Å². The summed E-state index contributed by atoms with van der Waals surface area (Å²) >= 11 is 0. The maximum absolute atomic E-state index is 12.5. The predicted octanol–water partition coefficient (Wildman–Crippen LogP) is 2.92. The maximum atomic E-state index is 12.5. The van der Waals surface area contributed by atoms with Crippen molar-refractivity contribution in [2.75, 3.05) is 26.3 Å². The lowest BCUT2D eigenvalue weighted by molar-refractivity contribution is -0.171. The van der Waals surface area contributed by atoms with Crippen molar-refractivity contribution in [2.24, 2.45) is 0 Å². The Morgan fingerprint density at radius 3 is 2.62 bits per heavy atom. The van der Waals surface area contributed by atoms with Gasteiger partial charge in [-0.1, -0.05) is 25.5 Å². The van der Waals surface area contributed by atoms with Gasteiger partial charge in [-0.05, 0) is 25.0 Å². The molecular formula is C17H23NO3. The van der Waals surface area contributed by atoms with Crippen molar-refractivity contribution in [2.45, 2.75) is 38.4 Å². The molecule has 4 nitrogen and oxygen atoms in total. The molecule has 114 valence electrons. The number of likely N-dealkylation sites (tertiary alicyclic amines) is 1. The van der Waals surface area contributed by atoms with E-state index in [0.29, 0.717) is 13.2 Å². The van der Waals surface area contributed by atoms with E-state index >= 15 is 0 Å². The van der Waals surface area contributed by atoms with Crippen LogP contribution in [-0.2, 0) is 15.3 Å². The summed E-state index contributed by atoms with van der Waals surface area (Å²) in [5.41, 5.74) is 1.70. The van der Waals surface area contributed by atoms with Gasteiger partial charge < -0.3 is 14.4 Å². The minimum absolute atomic E-state index is 0.124. The molecule has 4 heteroatoms. The largest absolute Gasteiger partial charge is 0.343 e. The Kier molecular flexibility index (Phi) is 4.27. The molecule has 1 aromatic rings. The van der Waals surface area contributed by atoms with E-state index in [-0.39, 0.29) is 5.91 Å². The van der Waals surface area contributed by atoms with Gasteiger partial charge in [0.15, 0.2) is 5.79 Å². The zero-order valence-corrected chi connectivity index (χ0v) is 12.6. The van der Waals surface area contributed by atoms with E-state index < -0.39 is 5.79 Å². The zero-order chi connectivity index (χ0) is 14.7. The SMILES string of the molecule is CCCC1(c2cccc(C(=O)N3CCCC3)c2)OCCO1. The number of benzene rings is 1. The Morgan fingerprint density at radius 1 is 1.24 bits per heavy atom. The third-order valence-electron chi connectivity index (χ3n) is 4.28. The highest BCUT2D eigenvalue weighted by atomic mass is 16.7. The van der Waals surface area contributed by atoms with Crippen molar-refractivity contribution in [1.29, 1.82) is 0 Å². The molecule has 0 aromatic heterocycles. The summed E-state index contributed by atoms with van der Waals surface area (Å²) < 4.78 is 11.8. The van der Waals surface area contributed by atoms with Gasteiger partial charge in [0.05, 0.1) is 13.2 Å². The van der Waals surface area contributed by atoms with Crippen LogP contribution in [0.4, 0.5) is 0 Å². The van der Waals surface area contributed by atoms with E-state index in [1.807, 2.05) is 29.2 Å². The van der Waals surface area contributed by atoms with E-state index in [1.165, 1.54) is 0 Å². The smallest absolute Gasteiger partial charge is 0.253 e. The number of nitrogens with zero attached hydrogens (tertiary/aromatic N) is 1. The van der Waals surface area contributed by atoms with Crippen LogP contribution in [0.5, 0.6) is 0 Å². The van der Waals surface area contributed by atoms with Crippen molar-refractivity contribution >= 4 is 5.91 Å². The zero-order valence-electron chi connectivity index (χ0n) is 12.6. The van der Waals surface area contributed by atoms with Gasteiger partial charge in [0.2, 0.25) is 0 Å². The topological polar surface area (TPSA) is 38.8 Å². The summed E-state index contributed by atoms with van der Waals surface area (Å²) in [7, 11) is 0. The lowest BCUT2D eigenvalue weighted by Crippen LogP contribution is -2.30. The molecule has 0 spiro atoms. The van der Waals surface area contributed by atoms with Crippen LogP contribution in [0.1, 0.15) is 48.5 Å². The average molecular weight is 289 g/mol. The van der Waals surface area contributed by atoms with E-state index in [1.54, 1.807) is 0 Å². The molecule has 2 aliphatic rings. The van der Waals surface area contributed by atoms with Crippen LogP contribution in [0, 0.1) is 0 Å². The number of rotatable bonds is 4. The first-order chi connectivity index (χ1) is 10.2. The van der Waals surface area contributed by atoms with E-state index in [9.17, 15) is 4.79 Å². The van der Waals surface area contributed by atoms with Crippen molar-refractivity contribution in [3.63, 3.8) is 0 Å². The Bertz CT molecular complexity index is 503. The molecule has 0 saturated carbocycles. The van der Waals surface area contributed by atoms with E-state index in [2.05, 4.69) is 6.92 Å². The summed E-state index contributed by atoms with van der Waals surface area (Å²) in [6.07, 6.45) is 4.01. The Balaban J connectivity index is 1.86. The fourth-order valence-corrected chi connectivity index (χ4v) is 3.23. The van der Waals surface area contributed by atoms with Crippen molar-refractivity contribution in [1.82, 2.24) is 4.90 Å². The van der Waals surface area contributed by atoms with E-state index in [0.717, 1.165) is 49.9 Å². The molecule has 2 aliphatic heterocycles. The number of hydrogen-bond donors (Lipinski definition) is 0. The van der Waals surface area contributed by atoms with Crippen LogP contribution >= 0.6 is 0 Å². The van der Waals surface area contributed by atoms with Gasteiger partial charge in [-0.15, -0.1) is 0 Å². The fraction of sp³-hybridized carbons (Fsp3) is 0.588. The van der Waals surface area contributed by atoms with Crippen LogP contribution in [-0.4, -0.2) is 37.1 Å². The minimum Gasteiger partial charge on any atom is -0.343 e. The van der Waals surface area contributed by atoms with Crippen LogP contribution in [0.2, 0.25) is 0 Å². The Labute approximate surface area is 126 Å². The monoisotopic (exact) mass is 289 g/mol. The second-order valence-electron chi connectivity index (χ2n) is 5.78. The van der Waals surface area contributed by atoms with Gasteiger partial charge in [-0.3, -0.25) is 4.79 Å². The molecule has 0 unspecified atom stereocenters. The van der Waals surface area contributed by atoms with Gasteiger partial charge in [0.1, 0.15) is 0 Å². The Morgan fingerprint density at radius 2 is 1.95 bits per heavy atom. The second kappa shape index (κ2) is 6.16. The van der Waals surface area contributed by atoms with Crippen molar-refractivity contribution < 1.29 is 14.3 Å². The molecule has 21 heavy (non-hydrogen) atoms. The summed E-state index contributed by atoms with van der Waals surface area (Å²) in [5.74, 6) is -0.533. The molecule has 0 aliphatic carbocycles. The summed E-state index contributed by atoms with van der Waals surface area (Å²) in [5, 5.41) is 0. The first-order valence-electron chi connectivity index (χ1n) is 7.93. The van der Waals surface area contributed by atoms with Crippen molar-refractivity contribution in [3.05, 3.63) is 35.4 Å². The first kappa shape index (κ1) is 14.5. The Hall–Kier alpha value is -1.39. The normalized spacial score (nSPS) is 20.9. The lowest BCUT2D eigenvalue weighted by atomic mass is 9.98. The molecule has 3 rings (SSSR count). The molecule has 1 aromatic carbocycles. The fourth-order valence-electron chi connectivity index (χ4n) is 3.23. The third kappa shape index (κ3) is 2.83. The molecule has 0 bridgehead atoms. The second-order valence-corrected chi connectivity index (χ2v) is 5.78. The number of carbonyl (C=O) groups is 1. The molecule has 2 fully saturated rings. The summed E-state index contributed by atoms with van der Waals surface area (Å²) in [6, 6.07) is 7.77. The lowest BCUT2D eigenvalue weighted by Gasteiger charge is -2.28. The first-order valence-corrected chi connectivity index (χ1v) is 7.93. The molecule has 2 saturated heterocycles. The maximum Gasteiger partial charge on any atom is 0.253 e. The quantitative estimate of drug-likeness (QED) is 0.855. The van der Waals surface area contributed by atoms with Crippen LogP contribution in [0.3, 0.4) is 0 Å². The van der Waals surface area contributed by atoms with Crippen LogP contribution < -0.4 is 0 Å². The highest BCUT2D eigenvalue weighted by Crippen LogP contribution is 2.36. The predicted molar refractivity (Wildman–Crippen MR) is 80.1 cm³/mol. The molecule has 0 atom stereocenters. The standard InChI is InChI=1S/C17H23NO3/c1-2-8-17(20-11-12-21-17)15-7-5-6-14(13-15)16(19)18-9-3-4-10-18/h5-7,13H,2-4,8-12H2,1H3. The highest BCUT2D eigenvalue weighted by molar-refractivity contribution is 5.94. The minimum atomic E-state index is -0.657.